The third kappa shape index (κ3) is 4.21. The number of hydrogen-bond acceptors (Lipinski definition) is 4. The first kappa shape index (κ1) is 20.2. The predicted octanol–water partition coefficient (Wildman–Crippen LogP) is 3.72. The Hall–Kier alpha value is -2.75. The molecule has 6 heteroatoms. The van der Waals surface area contributed by atoms with Crippen LogP contribution in [0.15, 0.2) is 42.5 Å². The Morgan fingerprint density at radius 1 is 1.10 bits per heavy atom. The molecule has 0 bridgehead atoms. The molecule has 2 aromatic carbocycles. The Balaban J connectivity index is 1.21. The summed E-state index contributed by atoms with van der Waals surface area (Å²) in [7, 11) is 0. The van der Waals surface area contributed by atoms with Crippen molar-refractivity contribution in [3.05, 3.63) is 59.4 Å². The van der Waals surface area contributed by atoms with E-state index in [1.165, 1.54) is 0 Å². The van der Waals surface area contributed by atoms with Crippen molar-refractivity contribution >= 4 is 5.91 Å². The van der Waals surface area contributed by atoms with Crippen LogP contribution in [0.2, 0.25) is 0 Å². The number of carbonyl (C=O) groups is 1. The summed E-state index contributed by atoms with van der Waals surface area (Å²) < 4.78 is 20.8. The maximum atomic E-state index is 14.8. The van der Waals surface area contributed by atoms with Crippen LogP contribution in [-0.2, 0) is 16.1 Å². The van der Waals surface area contributed by atoms with Gasteiger partial charge in [0, 0.05) is 31.2 Å². The van der Waals surface area contributed by atoms with Gasteiger partial charge in [-0.25, -0.2) is 4.39 Å². The summed E-state index contributed by atoms with van der Waals surface area (Å²) in [5.74, 6) is -0.0819. The number of nitriles is 1. The summed E-state index contributed by atoms with van der Waals surface area (Å²) in [6.45, 7) is 3.15. The van der Waals surface area contributed by atoms with Gasteiger partial charge in [-0.05, 0) is 55.0 Å². The van der Waals surface area contributed by atoms with E-state index in [-0.39, 0.29) is 23.9 Å². The lowest BCUT2D eigenvalue weighted by Crippen LogP contribution is -2.59. The first-order valence-corrected chi connectivity index (χ1v) is 11.0. The highest BCUT2D eigenvalue weighted by atomic mass is 19.1. The molecule has 0 aromatic heterocycles. The number of likely N-dealkylation sites (tertiary alicyclic amines) is 1. The molecule has 3 fully saturated rings. The summed E-state index contributed by atoms with van der Waals surface area (Å²) in [6.07, 6.45) is 3.97. The lowest BCUT2D eigenvalue weighted by Gasteiger charge is -2.47. The SMILES string of the molecule is N#Cc1ccc(-c2ccc(CN3CCC4(CC3)CN(C3CC3)C(=O)CO4)c(F)c2)cc1. The third-order valence-corrected chi connectivity index (χ3v) is 6.83. The Morgan fingerprint density at radius 3 is 2.45 bits per heavy atom. The summed E-state index contributed by atoms with van der Waals surface area (Å²) in [5, 5.41) is 8.93. The molecule has 1 saturated carbocycles. The van der Waals surface area contributed by atoms with Gasteiger partial charge in [0.2, 0.25) is 5.91 Å². The number of benzene rings is 2. The fourth-order valence-electron chi connectivity index (χ4n) is 4.72. The number of carbonyl (C=O) groups excluding carboxylic acids is 1. The monoisotopic (exact) mass is 419 g/mol. The highest BCUT2D eigenvalue weighted by molar-refractivity contribution is 5.79. The zero-order chi connectivity index (χ0) is 21.4. The average Bonchev–Trinajstić information content (AvgIpc) is 3.64. The second-order valence-electron chi connectivity index (χ2n) is 9.00. The van der Waals surface area contributed by atoms with Crippen LogP contribution in [-0.4, -0.2) is 53.6 Å². The molecule has 0 atom stereocenters. The van der Waals surface area contributed by atoms with Gasteiger partial charge >= 0.3 is 0 Å². The van der Waals surface area contributed by atoms with E-state index in [2.05, 4.69) is 11.0 Å². The van der Waals surface area contributed by atoms with E-state index in [0.717, 1.165) is 49.9 Å². The summed E-state index contributed by atoms with van der Waals surface area (Å²) in [6, 6.07) is 15.1. The summed E-state index contributed by atoms with van der Waals surface area (Å²) >= 11 is 0. The third-order valence-electron chi connectivity index (χ3n) is 6.83. The van der Waals surface area contributed by atoms with E-state index in [9.17, 15) is 9.18 Å². The number of halogens is 1. The van der Waals surface area contributed by atoms with Crippen LogP contribution in [0.3, 0.4) is 0 Å². The molecule has 1 aliphatic carbocycles. The molecule has 160 valence electrons. The number of nitrogens with zero attached hydrogens (tertiary/aromatic N) is 3. The molecular weight excluding hydrogens is 393 g/mol. The van der Waals surface area contributed by atoms with E-state index in [1.54, 1.807) is 18.2 Å². The Kier molecular flexibility index (Phi) is 5.25. The van der Waals surface area contributed by atoms with Gasteiger partial charge in [-0.3, -0.25) is 9.69 Å². The van der Waals surface area contributed by atoms with Crippen LogP contribution in [0.4, 0.5) is 4.39 Å². The fraction of sp³-hybridized carbons (Fsp3) is 0.440. The molecule has 3 aliphatic rings. The van der Waals surface area contributed by atoms with Crippen LogP contribution in [0, 0.1) is 17.1 Å². The van der Waals surface area contributed by atoms with Gasteiger partial charge < -0.3 is 9.64 Å². The summed E-state index contributed by atoms with van der Waals surface area (Å²) in [4.78, 5) is 16.4. The van der Waals surface area contributed by atoms with Gasteiger partial charge in [-0.15, -0.1) is 0 Å². The molecule has 0 N–H and O–H groups in total. The molecule has 31 heavy (non-hydrogen) atoms. The van der Waals surface area contributed by atoms with Crippen molar-refractivity contribution in [1.82, 2.24) is 9.80 Å². The van der Waals surface area contributed by atoms with Crippen LogP contribution in [0.5, 0.6) is 0 Å². The number of morpholine rings is 1. The largest absolute Gasteiger partial charge is 0.363 e. The molecule has 2 aromatic rings. The quantitative estimate of drug-likeness (QED) is 0.758. The van der Waals surface area contributed by atoms with Crippen LogP contribution < -0.4 is 0 Å². The summed E-state index contributed by atoms with van der Waals surface area (Å²) in [5.41, 5.74) is 2.76. The molecule has 0 unspecified atom stereocenters. The fourth-order valence-corrected chi connectivity index (χ4v) is 4.72. The number of ether oxygens (including phenoxy) is 1. The zero-order valence-corrected chi connectivity index (χ0v) is 17.5. The number of hydrogen-bond donors (Lipinski definition) is 0. The topological polar surface area (TPSA) is 56.6 Å². The van der Waals surface area contributed by atoms with Crippen molar-refractivity contribution in [2.75, 3.05) is 26.2 Å². The van der Waals surface area contributed by atoms with Crippen molar-refractivity contribution in [3.8, 4) is 17.2 Å². The van der Waals surface area contributed by atoms with Crippen molar-refractivity contribution in [2.24, 2.45) is 0 Å². The maximum absolute atomic E-state index is 14.8. The van der Waals surface area contributed by atoms with Crippen LogP contribution in [0.25, 0.3) is 11.1 Å². The van der Waals surface area contributed by atoms with E-state index in [4.69, 9.17) is 10.00 Å². The lowest BCUT2D eigenvalue weighted by molar-refractivity contribution is -0.172. The molecule has 2 aliphatic heterocycles. The van der Waals surface area contributed by atoms with Gasteiger partial charge in [0.05, 0.1) is 23.8 Å². The normalized spacial score (nSPS) is 21.3. The zero-order valence-electron chi connectivity index (χ0n) is 17.5. The minimum atomic E-state index is -0.231. The smallest absolute Gasteiger partial charge is 0.248 e. The molecule has 5 nitrogen and oxygen atoms in total. The average molecular weight is 420 g/mol. The second kappa shape index (κ2) is 8.07. The molecule has 0 radical (unpaired) electrons. The van der Waals surface area contributed by atoms with E-state index >= 15 is 0 Å². The molecule has 5 rings (SSSR count). The lowest BCUT2D eigenvalue weighted by atomic mass is 9.89. The van der Waals surface area contributed by atoms with Crippen molar-refractivity contribution in [1.29, 1.82) is 5.26 Å². The minimum Gasteiger partial charge on any atom is -0.363 e. The maximum Gasteiger partial charge on any atom is 0.248 e. The molecule has 1 amide bonds. The van der Waals surface area contributed by atoms with E-state index in [0.29, 0.717) is 30.3 Å². The van der Waals surface area contributed by atoms with Crippen molar-refractivity contribution in [2.45, 2.75) is 43.9 Å². The van der Waals surface area contributed by atoms with Crippen molar-refractivity contribution in [3.63, 3.8) is 0 Å². The Morgan fingerprint density at radius 2 is 1.81 bits per heavy atom. The number of piperidine rings is 1. The van der Waals surface area contributed by atoms with Gasteiger partial charge in [0.1, 0.15) is 12.4 Å². The highest BCUT2D eigenvalue weighted by Crippen LogP contribution is 2.36. The molecule has 2 heterocycles. The van der Waals surface area contributed by atoms with Crippen LogP contribution >= 0.6 is 0 Å². The Labute approximate surface area is 182 Å². The Bertz CT molecular complexity index is 1020. The first-order chi connectivity index (χ1) is 15.0. The standard InChI is InChI=1S/C25H26FN3O2/c26-23-13-20(19-3-1-18(14-27)2-4-19)5-6-21(23)15-28-11-9-25(10-12-28)17-29(22-7-8-22)24(30)16-31-25/h1-6,13,22H,7-12,15-17H2. The first-order valence-electron chi connectivity index (χ1n) is 11.0. The molecule has 1 spiro atoms. The van der Waals surface area contributed by atoms with Gasteiger partial charge in [-0.2, -0.15) is 5.26 Å². The number of rotatable bonds is 4. The highest BCUT2D eigenvalue weighted by Gasteiger charge is 2.46. The van der Waals surface area contributed by atoms with Gasteiger partial charge in [0.25, 0.3) is 0 Å². The van der Waals surface area contributed by atoms with Crippen molar-refractivity contribution < 1.29 is 13.9 Å². The molecular formula is C25H26FN3O2. The number of amides is 1. The van der Waals surface area contributed by atoms with Crippen LogP contribution in [0.1, 0.15) is 36.8 Å². The predicted molar refractivity (Wildman–Crippen MR) is 114 cm³/mol. The second-order valence-corrected chi connectivity index (χ2v) is 9.00. The minimum absolute atomic E-state index is 0.125. The van der Waals surface area contributed by atoms with Gasteiger partial charge in [-0.1, -0.05) is 24.3 Å². The van der Waals surface area contributed by atoms with E-state index < -0.39 is 0 Å². The molecule has 2 saturated heterocycles. The van der Waals surface area contributed by atoms with Gasteiger partial charge in [0.15, 0.2) is 0 Å². The van der Waals surface area contributed by atoms with E-state index in [1.807, 2.05) is 29.2 Å².